The molecule has 1 aliphatic rings. The number of carbonyl (C=O) groups excluding carboxylic acids is 2. The second kappa shape index (κ2) is 10.2. The zero-order chi connectivity index (χ0) is 24.1. The van der Waals surface area contributed by atoms with E-state index in [9.17, 15) is 14.4 Å². The first-order chi connectivity index (χ1) is 16.5. The molecule has 0 radical (unpaired) electrons. The Balaban J connectivity index is 1.34. The number of carboxylic acids is 1. The molecule has 0 atom stereocenters. The molecule has 34 heavy (non-hydrogen) atoms. The summed E-state index contributed by atoms with van der Waals surface area (Å²) in [4.78, 5) is 36.9. The lowest BCUT2D eigenvalue weighted by Gasteiger charge is -2.18. The highest BCUT2D eigenvalue weighted by Crippen LogP contribution is 2.44. The number of benzene rings is 3. The van der Waals surface area contributed by atoms with Crippen LogP contribution in [0.1, 0.15) is 29.5 Å². The number of amides is 2. The minimum absolute atomic E-state index is 0.0150. The van der Waals surface area contributed by atoms with Gasteiger partial charge in [0, 0.05) is 18.2 Å². The summed E-state index contributed by atoms with van der Waals surface area (Å²) in [5.74, 6) is -1.32. The van der Waals surface area contributed by atoms with E-state index in [0.29, 0.717) is 12.2 Å². The highest BCUT2D eigenvalue weighted by atomic mass is 16.5. The van der Waals surface area contributed by atoms with Gasteiger partial charge in [0.1, 0.15) is 13.2 Å². The minimum Gasteiger partial charge on any atom is -0.480 e. The van der Waals surface area contributed by atoms with Crippen LogP contribution < -0.4 is 5.32 Å². The molecule has 0 saturated carbocycles. The molecule has 4 rings (SSSR count). The summed E-state index contributed by atoms with van der Waals surface area (Å²) in [6.45, 7) is 1.97. The molecule has 0 aliphatic heterocycles. The number of nitrogens with one attached hydrogen (secondary N) is 1. The van der Waals surface area contributed by atoms with E-state index in [0.717, 1.165) is 16.7 Å². The van der Waals surface area contributed by atoms with Gasteiger partial charge in [-0.2, -0.15) is 0 Å². The van der Waals surface area contributed by atoms with Crippen LogP contribution in [-0.4, -0.2) is 47.7 Å². The molecule has 3 aromatic carbocycles. The van der Waals surface area contributed by atoms with Crippen LogP contribution >= 0.6 is 0 Å². The highest BCUT2D eigenvalue weighted by molar-refractivity contribution is 5.86. The Bertz CT molecular complexity index is 1160. The molecule has 0 fully saturated rings. The van der Waals surface area contributed by atoms with Gasteiger partial charge in [-0.05, 0) is 46.9 Å². The van der Waals surface area contributed by atoms with Gasteiger partial charge in [0.05, 0.1) is 6.42 Å². The molecule has 2 N–H and O–H groups in total. The Morgan fingerprint density at radius 2 is 1.50 bits per heavy atom. The van der Waals surface area contributed by atoms with Gasteiger partial charge in [-0.3, -0.25) is 14.9 Å². The van der Waals surface area contributed by atoms with E-state index in [1.807, 2.05) is 24.3 Å². The third-order valence-electron chi connectivity index (χ3n) is 5.96. The van der Waals surface area contributed by atoms with Crippen molar-refractivity contribution < 1.29 is 24.2 Å². The molecule has 0 aromatic heterocycles. The van der Waals surface area contributed by atoms with Gasteiger partial charge in [0.2, 0.25) is 5.91 Å². The Morgan fingerprint density at radius 1 is 0.912 bits per heavy atom. The van der Waals surface area contributed by atoms with Crippen molar-refractivity contribution in [1.82, 2.24) is 4.90 Å². The summed E-state index contributed by atoms with van der Waals surface area (Å²) in [5.41, 5.74) is 5.91. The fourth-order valence-corrected chi connectivity index (χ4v) is 4.28. The van der Waals surface area contributed by atoms with E-state index < -0.39 is 12.1 Å². The maximum absolute atomic E-state index is 12.4. The lowest BCUT2D eigenvalue weighted by molar-refractivity contribution is -0.144. The van der Waals surface area contributed by atoms with Gasteiger partial charge in [-0.15, -0.1) is 0 Å². The topological polar surface area (TPSA) is 95.9 Å². The van der Waals surface area contributed by atoms with Crippen molar-refractivity contribution in [1.29, 1.82) is 0 Å². The maximum Gasteiger partial charge on any atom is 0.411 e. The summed E-state index contributed by atoms with van der Waals surface area (Å²) < 4.78 is 5.55. The van der Waals surface area contributed by atoms with E-state index in [1.165, 1.54) is 16.0 Å². The Hall–Kier alpha value is -4.13. The molecule has 0 heterocycles. The molecule has 3 aromatic rings. The number of hydrogen-bond acceptors (Lipinski definition) is 4. The number of carbonyl (C=O) groups is 3. The molecule has 0 saturated heterocycles. The average Bonchev–Trinajstić information content (AvgIpc) is 3.16. The van der Waals surface area contributed by atoms with Crippen molar-refractivity contribution in [2.75, 3.05) is 25.0 Å². The molecule has 1 aliphatic carbocycles. The zero-order valence-electron chi connectivity index (χ0n) is 18.9. The smallest absolute Gasteiger partial charge is 0.411 e. The maximum atomic E-state index is 12.4. The zero-order valence-corrected chi connectivity index (χ0v) is 18.9. The van der Waals surface area contributed by atoms with Gasteiger partial charge in [-0.25, -0.2) is 4.79 Å². The molecule has 0 bridgehead atoms. The Morgan fingerprint density at radius 3 is 2.06 bits per heavy atom. The standard InChI is InChI=1S/C27H26N2O5/c1-2-29(16-26(31)32)25(30)15-18-11-13-19(14-12-18)28-27(33)34-17-24-22-9-5-3-7-20(22)21-8-4-6-10-23(21)24/h3-14,24H,2,15-17H2,1H3,(H,28,33)(H,31,32). The molecular weight excluding hydrogens is 432 g/mol. The Labute approximate surface area is 198 Å². The monoisotopic (exact) mass is 458 g/mol. The number of rotatable bonds is 8. The fraction of sp³-hybridized carbons (Fsp3) is 0.222. The SMILES string of the molecule is CCN(CC(=O)O)C(=O)Cc1ccc(NC(=O)OCC2c3ccccc3-c3ccccc32)cc1. The minimum atomic E-state index is -1.04. The van der Waals surface area contributed by atoms with Crippen molar-refractivity contribution in [3.8, 4) is 11.1 Å². The van der Waals surface area contributed by atoms with E-state index >= 15 is 0 Å². The molecule has 174 valence electrons. The first kappa shape index (κ1) is 23.0. The van der Waals surface area contributed by atoms with Gasteiger partial charge >= 0.3 is 12.1 Å². The Kier molecular flexibility index (Phi) is 6.92. The molecule has 2 amide bonds. The summed E-state index contributed by atoms with van der Waals surface area (Å²) >= 11 is 0. The van der Waals surface area contributed by atoms with E-state index in [4.69, 9.17) is 9.84 Å². The average molecular weight is 459 g/mol. The number of ether oxygens (including phenoxy) is 1. The van der Waals surface area contributed by atoms with Crippen LogP contribution in [0.3, 0.4) is 0 Å². The van der Waals surface area contributed by atoms with E-state index in [2.05, 4.69) is 29.6 Å². The summed E-state index contributed by atoms with van der Waals surface area (Å²) in [7, 11) is 0. The van der Waals surface area contributed by atoms with Crippen LogP contribution in [0.4, 0.5) is 10.5 Å². The third kappa shape index (κ3) is 5.09. The number of hydrogen-bond donors (Lipinski definition) is 2. The van der Waals surface area contributed by atoms with Crippen LogP contribution in [-0.2, 0) is 20.7 Å². The lowest BCUT2D eigenvalue weighted by atomic mass is 9.98. The van der Waals surface area contributed by atoms with Gasteiger partial charge in [0.15, 0.2) is 0 Å². The summed E-state index contributed by atoms with van der Waals surface area (Å²) in [6.07, 6.45) is -0.462. The van der Waals surface area contributed by atoms with Crippen LogP contribution in [0.15, 0.2) is 72.8 Å². The van der Waals surface area contributed by atoms with Crippen LogP contribution in [0.25, 0.3) is 11.1 Å². The first-order valence-electron chi connectivity index (χ1n) is 11.2. The molecule has 7 nitrogen and oxygen atoms in total. The number of fused-ring (bicyclic) bond motifs is 3. The second-order valence-corrected chi connectivity index (χ2v) is 8.13. The van der Waals surface area contributed by atoms with Crippen molar-refractivity contribution >= 4 is 23.7 Å². The lowest BCUT2D eigenvalue weighted by Crippen LogP contribution is -2.36. The van der Waals surface area contributed by atoms with Crippen LogP contribution in [0, 0.1) is 0 Å². The number of carboxylic acid groups (broad SMARTS) is 1. The van der Waals surface area contributed by atoms with Gasteiger partial charge < -0.3 is 14.7 Å². The number of nitrogens with zero attached hydrogens (tertiary/aromatic N) is 1. The van der Waals surface area contributed by atoms with E-state index in [-0.39, 0.29) is 31.4 Å². The summed E-state index contributed by atoms with van der Waals surface area (Å²) in [6, 6.07) is 23.1. The highest BCUT2D eigenvalue weighted by Gasteiger charge is 2.29. The molecule has 0 spiro atoms. The molecule has 0 unspecified atom stereocenters. The predicted molar refractivity (Wildman–Crippen MR) is 129 cm³/mol. The van der Waals surface area contributed by atoms with Crippen LogP contribution in [0.5, 0.6) is 0 Å². The van der Waals surface area contributed by atoms with Gasteiger partial charge in [-0.1, -0.05) is 60.7 Å². The van der Waals surface area contributed by atoms with Crippen LogP contribution in [0.2, 0.25) is 0 Å². The van der Waals surface area contributed by atoms with Crippen molar-refractivity contribution in [3.05, 3.63) is 89.5 Å². The largest absolute Gasteiger partial charge is 0.480 e. The first-order valence-corrected chi connectivity index (χ1v) is 11.2. The van der Waals surface area contributed by atoms with Crippen molar-refractivity contribution in [2.24, 2.45) is 0 Å². The quantitative estimate of drug-likeness (QED) is 0.517. The van der Waals surface area contributed by atoms with Crippen molar-refractivity contribution in [3.63, 3.8) is 0 Å². The van der Waals surface area contributed by atoms with E-state index in [1.54, 1.807) is 31.2 Å². The van der Waals surface area contributed by atoms with Gasteiger partial charge in [0.25, 0.3) is 0 Å². The normalized spacial score (nSPS) is 11.9. The molecular formula is C27H26N2O5. The number of aliphatic carboxylic acids is 1. The van der Waals surface area contributed by atoms with Crippen molar-refractivity contribution in [2.45, 2.75) is 19.3 Å². The fourth-order valence-electron chi connectivity index (χ4n) is 4.28. The second-order valence-electron chi connectivity index (χ2n) is 8.13. The summed E-state index contributed by atoms with van der Waals surface area (Å²) in [5, 5.41) is 11.6. The number of anilines is 1. The predicted octanol–water partition coefficient (Wildman–Crippen LogP) is 4.52. The number of likely N-dealkylation sites (N-methyl/N-ethyl adjacent to an activating group) is 1. The third-order valence-corrected chi connectivity index (χ3v) is 5.96. The molecule has 7 heteroatoms.